The second-order valence-electron chi connectivity index (χ2n) is 2.73. The molecular formula is C10H15NOS. The zero-order chi connectivity index (χ0) is 9.68. The van der Waals surface area contributed by atoms with Crippen LogP contribution >= 0.6 is 11.8 Å². The van der Waals surface area contributed by atoms with Crippen LogP contribution in [0.15, 0.2) is 18.2 Å². The fourth-order valence-corrected chi connectivity index (χ4v) is 1.70. The summed E-state index contributed by atoms with van der Waals surface area (Å²) in [4.78, 5) is 0. The molecule has 2 N–H and O–H groups in total. The standard InChI is InChI=1S/C10H15NOS/c1-3-12-10-5-4-9(11)6-8(10)7-13-2/h4-6H,3,7,11H2,1-2H3. The van der Waals surface area contributed by atoms with Crippen LogP contribution in [0.1, 0.15) is 12.5 Å². The first kappa shape index (κ1) is 10.3. The van der Waals surface area contributed by atoms with Gasteiger partial charge < -0.3 is 10.5 Å². The number of anilines is 1. The third-order valence-electron chi connectivity index (χ3n) is 1.68. The fourth-order valence-electron chi connectivity index (χ4n) is 1.16. The van der Waals surface area contributed by atoms with E-state index >= 15 is 0 Å². The van der Waals surface area contributed by atoms with Crippen molar-refractivity contribution in [1.29, 1.82) is 0 Å². The molecule has 0 saturated heterocycles. The van der Waals surface area contributed by atoms with Crippen LogP contribution in [0.5, 0.6) is 5.75 Å². The first-order valence-electron chi connectivity index (χ1n) is 4.28. The van der Waals surface area contributed by atoms with Crippen molar-refractivity contribution in [2.75, 3.05) is 18.6 Å². The average Bonchev–Trinajstić information content (AvgIpc) is 2.10. The summed E-state index contributed by atoms with van der Waals surface area (Å²) in [6, 6.07) is 5.78. The molecule has 0 aromatic heterocycles. The van der Waals surface area contributed by atoms with Crippen molar-refractivity contribution < 1.29 is 4.74 Å². The first-order chi connectivity index (χ1) is 6.27. The Bertz CT molecular complexity index is 276. The van der Waals surface area contributed by atoms with Gasteiger partial charge in [0.05, 0.1) is 6.61 Å². The molecule has 0 aliphatic carbocycles. The van der Waals surface area contributed by atoms with E-state index in [-0.39, 0.29) is 0 Å². The first-order valence-corrected chi connectivity index (χ1v) is 5.67. The summed E-state index contributed by atoms with van der Waals surface area (Å²) in [5.74, 6) is 1.89. The van der Waals surface area contributed by atoms with E-state index in [0.29, 0.717) is 6.61 Å². The lowest BCUT2D eigenvalue weighted by Gasteiger charge is -2.09. The van der Waals surface area contributed by atoms with Gasteiger partial charge in [-0.3, -0.25) is 0 Å². The second-order valence-corrected chi connectivity index (χ2v) is 3.60. The number of hydrogen-bond donors (Lipinski definition) is 1. The monoisotopic (exact) mass is 197 g/mol. The van der Waals surface area contributed by atoms with Gasteiger partial charge >= 0.3 is 0 Å². The van der Waals surface area contributed by atoms with Crippen molar-refractivity contribution >= 4 is 17.4 Å². The largest absolute Gasteiger partial charge is 0.494 e. The molecule has 13 heavy (non-hydrogen) atoms. The van der Waals surface area contributed by atoms with Crippen LogP contribution < -0.4 is 10.5 Å². The quantitative estimate of drug-likeness (QED) is 0.753. The average molecular weight is 197 g/mol. The molecule has 1 rings (SSSR count). The molecule has 1 aromatic carbocycles. The normalized spacial score (nSPS) is 10.0. The summed E-state index contributed by atoms with van der Waals surface area (Å²) in [7, 11) is 0. The minimum Gasteiger partial charge on any atom is -0.494 e. The van der Waals surface area contributed by atoms with Crippen LogP contribution in [0.4, 0.5) is 5.69 Å². The molecule has 0 bridgehead atoms. The zero-order valence-corrected chi connectivity index (χ0v) is 8.86. The van der Waals surface area contributed by atoms with Gasteiger partial charge in [0, 0.05) is 17.0 Å². The molecule has 1 aromatic rings. The summed E-state index contributed by atoms with van der Waals surface area (Å²) >= 11 is 1.77. The summed E-state index contributed by atoms with van der Waals surface area (Å²) in [5, 5.41) is 0. The van der Waals surface area contributed by atoms with Crippen LogP contribution in [0.3, 0.4) is 0 Å². The minimum absolute atomic E-state index is 0.700. The van der Waals surface area contributed by atoms with Crippen molar-refractivity contribution in [3.63, 3.8) is 0 Å². The van der Waals surface area contributed by atoms with Gasteiger partial charge in [-0.05, 0) is 31.4 Å². The molecule has 0 atom stereocenters. The van der Waals surface area contributed by atoms with E-state index in [9.17, 15) is 0 Å². The maximum Gasteiger partial charge on any atom is 0.123 e. The third-order valence-corrected chi connectivity index (χ3v) is 2.28. The number of nitrogen functional groups attached to an aromatic ring is 1. The Morgan fingerprint density at radius 3 is 2.85 bits per heavy atom. The number of nitrogens with two attached hydrogens (primary N) is 1. The van der Waals surface area contributed by atoms with Gasteiger partial charge in [-0.2, -0.15) is 11.8 Å². The number of benzene rings is 1. The van der Waals surface area contributed by atoms with Crippen LogP contribution in [-0.2, 0) is 5.75 Å². The molecule has 0 heterocycles. The van der Waals surface area contributed by atoms with Crippen molar-refractivity contribution in [3.05, 3.63) is 23.8 Å². The Morgan fingerprint density at radius 1 is 1.46 bits per heavy atom. The number of thioether (sulfide) groups is 1. The molecule has 0 spiro atoms. The molecule has 0 radical (unpaired) electrons. The van der Waals surface area contributed by atoms with Gasteiger partial charge in [0.2, 0.25) is 0 Å². The van der Waals surface area contributed by atoms with Crippen molar-refractivity contribution in [2.24, 2.45) is 0 Å². The Balaban J connectivity index is 2.89. The lowest BCUT2D eigenvalue weighted by molar-refractivity contribution is 0.337. The smallest absolute Gasteiger partial charge is 0.123 e. The minimum atomic E-state index is 0.700. The molecular weight excluding hydrogens is 182 g/mol. The van der Waals surface area contributed by atoms with E-state index in [1.807, 2.05) is 25.1 Å². The van der Waals surface area contributed by atoms with Gasteiger partial charge in [-0.15, -0.1) is 0 Å². The van der Waals surface area contributed by atoms with E-state index < -0.39 is 0 Å². The zero-order valence-electron chi connectivity index (χ0n) is 8.04. The fraction of sp³-hybridized carbons (Fsp3) is 0.400. The molecule has 0 saturated carbocycles. The van der Waals surface area contributed by atoms with Crippen molar-refractivity contribution in [3.8, 4) is 5.75 Å². The van der Waals surface area contributed by atoms with Gasteiger partial charge in [0.1, 0.15) is 5.75 Å². The lowest BCUT2D eigenvalue weighted by Crippen LogP contribution is -1.97. The van der Waals surface area contributed by atoms with E-state index in [1.54, 1.807) is 11.8 Å². The van der Waals surface area contributed by atoms with E-state index in [4.69, 9.17) is 10.5 Å². The predicted octanol–water partition coefficient (Wildman–Crippen LogP) is 2.53. The highest BCUT2D eigenvalue weighted by Crippen LogP contribution is 2.24. The Morgan fingerprint density at radius 2 is 2.23 bits per heavy atom. The van der Waals surface area contributed by atoms with Crippen LogP contribution in [-0.4, -0.2) is 12.9 Å². The number of ether oxygens (including phenoxy) is 1. The van der Waals surface area contributed by atoms with Crippen LogP contribution in [0.25, 0.3) is 0 Å². The van der Waals surface area contributed by atoms with E-state index in [0.717, 1.165) is 17.2 Å². The molecule has 0 amide bonds. The maximum absolute atomic E-state index is 5.69. The molecule has 72 valence electrons. The summed E-state index contributed by atoms with van der Waals surface area (Å²) in [6.45, 7) is 2.69. The second kappa shape index (κ2) is 5.02. The highest BCUT2D eigenvalue weighted by Gasteiger charge is 2.02. The highest BCUT2D eigenvalue weighted by atomic mass is 32.2. The molecule has 2 nitrogen and oxygen atoms in total. The Labute approximate surface area is 83.5 Å². The topological polar surface area (TPSA) is 35.2 Å². The lowest BCUT2D eigenvalue weighted by atomic mass is 10.2. The third kappa shape index (κ3) is 2.84. The summed E-state index contributed by atoms with van der Waals surface area (Å²) < 4.78 is 5.48. The predicted molar refractivity (Wildman–Crippen MR) is 59.2 cm³/mol. The SMILES string of the molecule is CCOc1ccc(N)cc1CSC. The van der Waals surface area contributed by atoms with Gasteiger partial charge in [0.15, 0.2) is 0 Å². The van der Waals surface area contributed by atoms with Crippen LogP contribution in [0, 0.1) is 0 Å². The molecule has 0 unspecified atom stereocenters. The summed E-state index contributed by atoms with van der Waals surface area (Å²) in [5.41, 5.74) is 7.66. The van der Waals surface area contributed by atoms with E-state index in [1.165, 1.54) is 5.56 Å². The Kier molecular flexibility index (Phi) is 3.96. The number of rotatable bonds is 4. The van der Waals surface area contributed by atoms with E-state index in [2.05, 4.69) is 6.26 Å². The van der Waals surface area contributed by atoms with Gasteiger partial charge in [-0.1, -0.05) is 0 Å². The molecule has 3 heteroatoms. The van der Waals surface area contributed by atoms with Crippen molar-refractivity contribution in [2.45, 2.75) is 12.7 Å². The van der Waals surface area contributed by atoms with Crippen LogP contribution in [0.2, 0.25) is 0 Å². The maximum atomic E-state index is 5.69. The van der Waals surface area contributed by atoms with Gasteiger partial charge in [0.25, 0.3) is 0 Å². The molecule has 0 aliphatic heterocycles. The molecule has 0 fully saturated rings. The highest BCUT2D eigenvalue weighted by molar-refractivity contribution is 7.97. The number of hydrogen-bond acceptors (Lipinski definition) is 3. The molecule has 0 aliphatic rings. The van der Waals surface area contributed by atoms with Gasteiger partial charge in [-0.25, -0.2) is 0 Å². The van der Waals surface area contributed by atoms with Crippen molar-refractivity contribution in [1.82, 2.24) is 0 Å². The summed E-state index contributed by atoms with van der Waals surface area (Å²) in [6.07, 6.45) is 2.07. The Hall–Kier alpha value is -0.830.